The van der Waals surface area contributed by atoms with E-state index in [-0.39, 0.29) is 5.91 Å². The Morgan fingerprint density at radius 1 is 1.54 bits per heavy atom. The second-order valence-corrected chi connectivity index (χ2v) is 2.67. The van der Waals surface area contributed by atoms with Crippen LogP contribution in [-0.2, 0) is 0 Å². The van der Waals surface area contributed by atoms with Crippen molar-refractivity contribution in [2.45, 2.75) is 0 Å². The molecule has 0 bridgehead atoms. The van der Waals surface area contributed by atoms with Crippen LogP contribution in [0.4, 0.5) is 0 Å². The Balaban J connectivity index is 2.56. The fraction of sp³-hybridized carbons (Fsp3) is 0.111. The van der Waals surface area contributed by atoms with E-state index in [1.165, 1.54) is 0 Å². The molecule has 2 aromatic rings. The molecule has 0 saturated carbocycles. The van der Waals surface area contributed by atoms with Crippen LogP contribution in [0.2, 0.25) is 0 Å². The summed E-state index contributed by atoms with van der Waals surface area (Å²) in [7, 11) is 1.59. The van der Waals surface area contributed by atoms with Gasteiger partial charge in [-0.2, -0.15) is 0 Å². The minimum absolute atomic E-state index is 0.163. The number of pyridine rings is 1. The molecule has 0 aromatic carbocycles. The number of nitrogens with zero attached hydrogens (tertiary/aromatic N) is 2. The van der Waals surface area contributed by atoms with Crippen molar-refractivity contribution in [3.63, 3.8) is 0 Å². The summed E-state index contributed by atoms with van der Waals surface area (Å²) in [5.74, 6) is -0.163. The van der Waals surface area contributed by atoms with Crippen molar-refractivity contribution in [2.75, 3.05) is 7.05 Å². The first kappa shape index (κ1) is 7.79. The standard InChI is InChI=1S/C9H9N3O/c1-10-9(13)7-6-12-5-3-2-4-8(12)11-7/h2-6H,1H3,(H,10,13). The molecule has 1 N–H and O–H groups in total. The lowest BCUT2D eigenvalue weighted by molar-refractivity contribution is 0.0959. The van der Waals surface area contributed by atoms with Gasteiger partial charge in [-0.15, -0.1) is 0 Å². The lowest BCUT2D eigenvalue weighted by Crippen LogP contribution is -2.17. The van der Waals surface area contributed by atoms with Gasteiger partial charge in [-0.1, -0.05) is 6.07 Å². The van der Waals surface area contributed by atoms with Gasteiger partial charge in [0.2, 0.25) is 0 Å². The number of fused-ring (bicyclic) bond motifs is 1. The monoisotopic (exact) mass is 175 g/mol. The maximum absolute atomic E-state index is 11.2. The van der Waals surface area contributed by atoms with Gasteiger partial charge in [0.05, 0.1) is 0 Å². The molecule has 0 fully saturated rings. The summed E-state index contributed by atoms with van der Waals surface area (Å²) in [6.45, 7) is 0. The van der Waals surface area contributed by atoms with Crippen LogP contribution in [0.3, 0.4) is 0 Å². The van der Waals surface area contributed by atoms with Gasteiger partial charge in [0, 0.05) is 19.4 Å². The van der Waals surface area contributed by atoms with Gasteiger partial charge in [0.15, 0.2) is 0 Å². The quantitative estimate of drug-likeness (QED) is 0.693. The van der Waals surface area contributed by atoms with E-state index in [4.69, 9.17) is 0 Å². The lowest BCUT2D eigenvalue weighted by Gasteiger charge is -1.89. The number of nitrogens with one attached hydrogen (secondary N) is 1. The minimum Gasteiger partial charge on any atom is -0.354 e. The Hall–Kier alpha value is -1.84. The van der Waals surface area contributed by atoms with Crippen LogP contribution in [0.1, 0.15) is 10.5 Å². The number of amides is 1. The van der Waals surface area contributed by atoms with Gasteiger partial charge in [-0.25, -0.2) is 4.98 Å². The SMILES string of the molecule is CNC(=O)c1cn2ccccc2n1. The molecular weight excluding hydrogens is 166 g/mol. The summed E-state index contributed by atoms with van der Waals surface area (Å²) in [4.78, 5) is 15.3. The molecule has 2 heterocycles. The largest absolute Gasteiger partial charge is 0.354 e. The zero-order chi connectivity index (χ0) is 9.26. The molecule has 0 saturated heterocycles. The topological polar surface area (TPSA) is 46.4 Å². The van der Waals surface area contributed by atoms with Crippen LogP contribution >= 0.6 is 0 Å². The molecule has 1 amide bonds. The summed E-state index contributed by atoms with van der Waals surface area (Å²) < 4.78 is 1.81. The normalized spacial score (nSPS) is 10.2. The molecular formula is C9H9N3O. The molecule has 0 aliphatic heterocycles. The van der Waals surface area contributed by atoms with Gasteiger partial charge in [-0.05, 0) is 12.1 Å². The highest BCUT2D eigenvalue weighted by molar-refractivity contribution is 5.92. The molecule has 4 nitrogen and oxygen atoms in total. The Morgan fingerprint density at radius 3 is 3.08 bits per heavy atom. The molecule has 0 unspecified atom stereocenters. The first-order valence-corrected chi connectivity index (χ1v) is 3.97. The molecule has 4 heteroatoms. The number of hydrogen-bond acceptors (Lipinski definition) is 2. The van der Waals surface area contributed by atoms with E-state index in [9.17, 15) is 4.79 Å². The number of aromatic nitrogens is 2. The van der Waals surface area contributed by atoms with Crippen molar-refractivity contribution < 1.29 is 4.79 Å². The summed E-state index contributed by atoms with van der Waals surface area (Å²) in [6.07, 6.45) is 3.56. The van der Waals surface area contributed by atoms with Gasteiger partial charge in [0.1, 0.15) is 11.3 Å². The molecule has 13 heavy (non-hydrogen) atoms. The van der Waals surface area contributed by atoms with E-state index in [0.29, 0.717) is 5.69 Å². The van der Waals surface area contributed by atoms with Crippen LogP contribution in [0.15, 0.2) is 30.6 Å². The minimum atomic E-state index is -0.163. The van der Waals surface area contributed by atoms with E-state index >= 15 is 0 Å². The summed E-state index contributed by atoms with van der Waals surface area (Å²) in [5, 5.41) is 2.53. The smallest absolute Gasteiger partial charge is 0.271 e. The molecule has 0 aliphatic rings. The predicted molar refractivity (Wildman–Crippen MR) is 48.6 cm³/mol. The summed E-state index contributed by atoms with van der Waals surface area (Å²) >= 11 is 0. The average Bonchev–Trinajstić information content (AvgIpc) is 2.59. The van der Waals surface area contributed by atoms with E-state index in [1.807, 2.05) is 28.8 Å². The van der Waals surface area contributed by atoms with E-state index < -0.39 is 0 Å². The highest BCUT2D eigenvalue weighted by Crippen LogP contribution is 2.03. The maximum Gasteiger partial charge on any atom is 0.271 e. The summed E-state index contributed by atoms with van der Waals surface area (Å²) in [6, 6.07) is 5.63. The van der Waals surface area contributed by atoms with E-state index in [2.05, 4.69) is 10.3 Å². The van der Waals surface area contributed by atoms with Gasteiger partial charge in [-0.3, -0.25) is 4.79 Å². The molecule has 66 valence electrons. The van der Waals surface area contributed by atoms with Crippen molar-refractivity contribution in [1.82, 2.24) is 14.7 Å². The number of carbonyl (C=O) groups is 1. The fourth-order valence-electron chi connectivity index (χ4n) is 1.17. The van der Waals surface area contributed by atoms with Crippen LogP contribution in [0, 0.1) is 0 Å². The second-order valence-electron chi connectivity index (χ2n) is 2.67. The molecule has 2 rings (SSSR count). The number of rotatable bonds is 1. The molecule has 0 radical (unpaired) electrons. The van der Waals surface area contributed by atoms with Gasteiger partial charge in [0.25, 0.3) is 5.91 Å². The van der Waals surface area contributed by atoms with Crippen LogP contribution < -0.4 is 5.32 Å². The zero-order valence-electron chi connectivity index (χ0n) is 7.19. The van der Waals surface area contributed by atoms with Gasteiger partial charge < -0.3 is 9.72 Å². The summed E-state index contributed by atoms with van der Waals surface area (Å²) in [5.41, 5.74) is 1.22. The third-order valence-electron chi connectivity index (χ3n) is 1.82. The van der Waals surface area contributed by atoms with Crippen molar-refractivity contribution in [1.29, 1.82) is 0 Å². The van der Waals surface area contributed by atoms with Crippen LogP contribution in [0.25, 0.3) is 5.65 Å². The maximum atomic E-state index is 11.2. The predicted octanol–water partition coefficient (Wildman–Crippen LogP) is 0.694. The van der Waals surface area contributed by atoms with E-state index in [0.717, 1.165) is 5.65 Å². The van der Waals surface area contributed by atoms with Gasteiger partial charge >= 0.3 is 0 Å². The Morgan fingerprint density at radius 2 is 2.38 bits per heavy atom. The molecule has 0 aliphatic carbocycles. The Bertz CT molecular complexity index is 414. The van der Waals surface area contributed by atoms with E-state index in [1.54, 1.807) is 13.2 Å². The second kappa shape index (κ2) is 2.90. The van der Waals surface area contributed by atoms with Crippen molar-refractivity contribution in [3.8, 4) is 0 Å². The van der Waals surface area contributed by atoms with Crippen LogP contribution in [-0.4, -0.2) is 22.3 Å². The Labute approximate surface area is 75.2 Å². The van der Waals surface area contributed by atoms with Crippen molar-refractivity contribution in [2.24, 2.45) is 0 Å². The molecule has 2 aromatic heterocycles. The first-order valence-electron chi connectivity index (χ1n) is 3.97. The lowest BCUT2D eigenvalue weighted by atomic mass is 10.4. The van der Waals surface area contributed by atoms with Crippen molar-refractivity contribution >= 4 is 11.6 Å². The average molecular weight is 175 g/mol. The third-order valence-corrected chi connectivity index (χ3v) is 1.82. The first-order chi connectivity index (χ1) is 6.31. The zero-order valence-corrected chi connectivity index (χ0v) is 7.19. The highest BCUT2D eigenvalue weighted by atomic mass is 16.1. The number of hydrogen-bond donors (Lipinski definition) is 1. The van der Waals surface area contributed by atoms with Crippen LogP contribution in [0.5, 0.6) is 0 Å². The molecule has 0 spiro atoms. The molecule has 0 atom stereocenters. The van der Waals surface area contributed by atoms with Crippen molar-refractivity contribution in [3.05, 3.63) is 36.3 Å². The third kappa shape index (κ3) is 1.26. The highest BCUT2D eigenvalue weighted by Gasteiger charge is 2.06. The number of carbonyl (C=O) groups excluding carboxylic acids is 1. The fourth-order valence-corrected chi connectivity index (χ4v) is 1.17. The number of imidazole rings is 1. The Kier molecular flexibility index (Phi) is 1.73.